The van der Waals surface area contributed by atoms with Gasteiger partial charge in [0.05, 0.1) is 6.54 Å². The quantitative estimate of drug-likeness (QED) is 0.774. The van der Waals surface area contributed by atoms with Crippen molar-refractivity contribution in [1.29, 1.82) is 0 Å². The zero-order valence-electron chi connectivity index (χ0n) is 9.80. The normalized spacial score (nSPS) is 15.6. The molecule has 3 amide bonds. The Kier molecular flexibility index (Phi) is 2.95. The molecule has 0 aromatic carbocycles. The molecule has 0 atom stereocenters. The van der Waals surface area contributed by atoms with Crippen LogP contribution in [-0.2, 0) is 11.3 Å². The van der Waals surface area contributed by atoms with Crippen molar-refractivity contribution in [2.45, 2.75) is 6.54 Å². The van der Waals surface area contributed by atoms with Crippen LogP contribution < -0.4 is 5.32 Å². The number of hydrogen-bond donors (Lipinski definition) is 1. The number of rotatable bonds is 3. The van der Waals surface area contributed by atoms with Gasteiger partial charge in [-0.2, -0.15) is 0 Å². The number of carbonyl (C=O) groups is 2. The van der Waals surface area contributed by atoms with Crippen LogP contribution >= 0.6 is 0 Å². The second kappa shape index (κ2) is 4.40. The molecule has 0 unspecified atom stereocenters. The molecule has 90 valence electrons. The summed E-state index contributed by atoms with van der Waals surface area (Å²) in [7, 11) is 3.37. The molecule has 2 heterocycles. The number of hydrogen-bond acceptors (Lipinski definition) is 4. The largest absolute Gasteiger partial charge is 0.373 e. The number of anilines is 1. The Bertz CT molecular complexity index is 461. The zero-order valence-corrected chi connectivity index (χ0v) is 9.80. The lowest BCUT2D eigenvalue weighted by atomic mass is 10.2. The van der Waals surface area contributed by atoms with Gasteiger partial charge in [0.25, 0.3) is 5.91 Å². The molecule has 1 N–H and O–H groups in total. The number of nitrogens with one attached hydrogen (secondary N) is 1. The maximum atomic E-state index is 11.7. The smallest absolute Gasteiger partial charge is 0.327 e. The topological polar surface area (TPSA) is 65.5 Å². The highest BCUT2D eigenvalue weighted by Gasteiger charge is 2.33. The molecule has 1 saturated heterocycles. The summed E-state index contributed by atoms with van der Waals surface area (Å²) in [6.45, 7) is 0.403. The number of pyridine rings is 1. The standard InChI is InChI=1S/C11H14N4O2/c1-12-10-8(4-3-5-13-10)6-15-9(16)7-14(2)11(15)17/h3-5H,6-7H2,1-2H3,(H,12,13). The Morgan fingerprint density at radius 3 is 2.82 bits per heavy atom. The van der Waals surface area contributed by atoms with Crippen molar-refractivity contribution in [2.75, 3.05) is 26.0 Å². The van der Waals surface area contributed by atoms with Crippen LogP contribution in [0.4, 0.5) is 10.6 Å². The number of urea groups is 1. The summed E-state index contributed by atoms with van der Waals surface area (Å²) < 4.78 is 0. The summed E-state index contributed by atoms with van der Waals surface area (Å²) in [5, 5.41) is 2.94. The van der Waals surface area contributed by atoms with Gasteiger partial charge in [0, 0.05) is 25.9 Å². The molecule has 0 spiro atoms. The fourth-order valence-corrected chi connectivity index (χ4v) is 1.79. The van der Waals surface area contributed by atoms with Crippen LogP contribution in [0.25, 0.3) is 0 Å². The van der Waals surface area contributed by atoms with E-state index in [1.165, 1.54) is 9.80 Å². The molecule has 0 saturated carbocycles. The molecule has 1 aromatic rings. The van der Waals surface area contributed by atoms with Gasteiger partial charge in [0.2, 0.25) is 0 Å². The van der Waals surface area contributed by atoms with Crippen LogP contribution in [0.15, 0.2) is 18.3 Å². The van der Waals surface area contributed by atoms with E-state index in [4.69, 9.17) is 0 Å². The van der Waals surface area contributed by atoms with Crippen molar-refractivity contribution in [3.8, 4) is 0 Å². The highest BCUT2D eigenvalue weighted by molar-refractivity contribution is 6.01. The Labute approximate surface area is 99.2 Å². The first kappa shape index (κ1) is 11.4. The number of imide groups is 1. The molecule has 1 aromatic heterocycles. The van der Waals surface area contributed by atoms with Crippen LogP contribution in [0.1, 0.15) is 5.56 Å². The van der Waals surface area contributed by atoms with Gasteiger partial charge < -0.3 is 10.2 Å². The van der Waals surface area contributed by atoms with Crippen molar-refractivity contribution in [2.24, 2.45) is 0 Å². The van der Waals surface area contributed by atoms with Crippen LogP contribution in [-0.4, -0.2) is 47.4 Å². The Morgan fingerprint density at radius 2 is 2.24 bits per heavy atom. The van der Waals surface area contributed by atoms with E-state index in [9.17, 15) is 9.59 Å². The highest BCUT2D eigenvalue weighted by atomic mass is 16.2. The molecule has 2 rings (SSSR count). The molecule has 6 nitrogen and oxygen atoms in total. The average Bonchev–Trinajstić information content (AvgIpc) is 2.57. The minimum Gasteiger partial charge on any atom is -0.373 e. The van der Waals surface area contributed by atoms with E-state index in [0.717, 1.165) is 5.56 Å². The number of nitrogens with zero attached hydrogens (tertiary/aromatic N) is 3. The van der Waals surface area contributed by atoms with E-state index in [0.29, 0.717) is 5.82 Å². The van der Waals surface area contributed by atoms with Crippen molar-refractivity contribution < 1.29 is 9.59 Å². The van der Waals surface area contributed by atoms with E-state index >= 15 is 0 Å². The summed E-state index contributed by atoms with van der Waals surface area (Å²) >= 11 is 0. The molecule has 0 bridgehead atoms. The maximum absolute atomic E-state index is 11.7. The first-order chi connectivity index (χ1) is 8.13. The average molecular weight is 234 g/mol. The molecule has 1 aliphatic heterocycles. The first-order valence-electron chi connectivity index (χ1n) is 5.30. The summed E-state index contributed by atoms with van der Waals surface area (Å²) in [5.74, 6) is 0.506. The second-order valence-corrected chi connectivity index (χ2v) is 3.88. The Morgan fingerprint density at radius 1 is 1.47 bits per heavy atom. The van der Waals surface area contributed by atoms with Gasteiger partial charge in [-0.15, -0.1) is 0 Å². The fraction of sp³-hybridized carbons (Fsp3) is 0.364. The van der Waals surface area contributed by atoms with Crippen LogP contribution in [0.2, 0.25) is 0 Å². The third-order valence-corrected chi connectivity index (χ3v) is 2.69. The minimum absolute atomic E-state index is 0.147. The van der Waals surface area contributed by atoms with Crippen molar-refractivity contribution in [3.05, 3.63) is 23.9 Å². The molecule has 1 fully saturated rings. The van der Waals surface area contributed by atoms with Gasteiger partial charge in [0.1, 0.15) is 12.4 Å². The molecule has 0 aliphatic carbocycles. The monoisotopic (exact) mass is 234 g/mol. The predicted octanol–water partition coefficient (Wildman–Crippen LogP) is 0.517. The molecular formula is C11H14N4O2. The fourth-order valence-electron chi connectivity index (χ4n) is 1.79. The lowest BCUT2D eigenvalue weighted by molar-refractivity contribution is -0.125. The SMILES string of the molecule is CNc1ncccc1CN1C(=O)CN(C)C1=O. The maximum Gasteiger partial charge on any atom is 0.327 e. The summed E-state index contributed by atoms with van der Waals surface area (Å²) in [6, 6.07) is 3.36. The second-order valence-electron chi connectivity index (χ2n) is 3.88. The lowest BCUT2D eigenvalue weighted by Gasteiger charge is -2.15. The van der Waals surface area contributed by atoms with Gasteiger partial charge in [-0.05, 0) is 6.07 Å². The van der Waals surface area contributed by atoms with E-state index in [2.05, 4.69) is 10.3 Å². The first-order valence-corrected chi connectivity index (χ1v) is 5.30. The number of aromatic nitrogens is 1. The van der Waals surface area contributed by atoms with Crippen molar-refractivity contribution >= 4 is 17.8 Å². The van der Waals surface area contributed by atoms with Crippen LogP contribution in [0, 0.1) is 0 Å². The summed E-state index contributed by atoms with van der Waals surface area (Å²) in [5.41, 5.74) is 0.826. The predicted molar refractivity (Wildman–Crippen MR) is 62.4 cm³/mol. The van der Waals surface area contributed by atoms with Crippen molar-refractivity contribution in [3.63, 3.8) is 0 Å². The molecule has 0 radical (unpaired) electrons. The molecule has 1 aliphatic rings. The third kappa shape index (κ3) is 2.06. The van der Waals surface area contributed by atoms with Gasteiger partial charge in [-0.1, -0.05) is 6.07 Å². The van der Waals surface area contributed by atoms with Gasteiger partial charge in [0.15, 0.2) is 0 Å². The number of amides is 3. The highest BCUT2D eigenvalue weighted by Crippen LogP contribution is 2.17. The van der Waals surface area contributed by atoms with Crippen molar-refractivity contribution in [1.82, 2.24) is 14.8 Å². The number of carbonyl (C=O) groups excluding carboxylic acids is 2. The lowest BCUT2D eigenvalue weighted by Crippen LogP contribution is -2.31. The Hall–Kier alpha value is -2.11. The Balaban J connectivity index is 2.21. The summed E-state index contributed by atoms with van der Waals surface area (Å²) in [4.78, 5) is 30.1. The number of likely N-dealkylation sites (N-methyl/N-ethyl adjacent to an activating group) is 1. The van der Waals surface area contributed by atoms with E-state index in [1.54, 1.807) is 26.4 Å². The summed E-state index contributed by atoms with van der Waals surface area (Å²) in [6.07, 6.45) is 1.66. The third-order valence-electron chi connectivity index (χ3n) is 2.69. The van der Waals surface area contributed by atoms with Gasteiger partial charge in [-0.3, -0.25) is 9.69 Å². The van der Waals surface area contributed by atoms with E-state index in [1.807, 2.05) is 6.07 Å². The zero-order chi connectivity index (χ0) is 12.4. The molecular weight excluding hydrogens is 220 g/mol. The minimum atomic E-state index is -0.263. The van der Waals surface area contributed by atoms with Gasteiger partial charge >= 0.3 is 6.03 Å². The van der Waals surface area contributed by atoms with E-state index < -0.39 is 0 Å². The van der Waals surface area contributed by atoms with Crippen LogP contribution in [0.3, 0.4) is 0 Å². The van der Waals surface area contributed by atoms with E-state index in [-0.39, 0.29) is 25.0 Å². The molecule has 6 heteroatoms. The van der Waals surface area contributed by atoms with Crippen LogP contribution in [0.5, 0.6) is 0 Å². The molecule has 17 heavy (non-hydrogen) atoms. The van der Waals surface area contributed by atoms with Gasteiger partial charge in [-0.25, -0.2) is 9.78 Å².